The van der Waals surface area contributed by atoms with E-state index in [2.05, 4.69) is 20.3 Å². The van der Waals surface area contributed by atoms with E-state index in [1.165, 1.54) is 11.6 Å². The molecule has 3 rings (SSSR count). The Balaban J connectivity index is 1.72. The van der Waals surface area contributed by atoms with Crippen LogP contribution >= 0.6 is 23.4 Å². The van der Waals surface area contributed by atoms with Crippen LogP contribution in [0, 0.1) is 13.8 Å². The van der Waals surface area contributed by atoms with Gasteiger partial charge in [-0.3, -0.25) is 9.78 Å². The molecule has 0 fully saturated rings. The molecule has 8 heteroatoms. The number of guanidine groups is 1. The summed E-state index contributed by atoms with van der Waals surface area (Å²) in [5.41, 5.74) is 9.15. The Kier molecular flexibility index (Phi) is 6.38. The molecule has 3 aromatic rings. The largest absolute Gasteiger partial charge is 0.369 e. The first-order valence-electron chi connectivity index (χ1n) is 8.56. The lowest BCUT2D eigenvalue weighted by Crippen LogP contribution is -2.22. The van der Waals surface area contributed by atoms with Crippen molar-refractivity contribution >= 4 is 41.0 Å². The Hall–Kier alpha value is -2.77. The number of hydrogen-bond donors (Lipinski definition) is 3. The summed E-state index contributed by atoms with van der Waals surface area (Å²) in [7, 11) is 0. The summed E-state index contributed by atoms with van der Waals surface area (Å²) in [5.74, 6) is 0.803. The molecule has 0 atom stereocenters. The normalized spacial score (nSPS) is 11.5. The third-order valence-corrected chi connectivity index (χ3v) is 5.31. The molecule has 4 N–H and O–H groups in total. The molecule has 1 heterocycles. The van der Waals surface area contributed by atoms with E-state index in [1.54, 1.807) is 17.8 Å². The van der Waals surface area contributed by atoms with Crippen LogP contribution < -0.4 is 16.6 Å². The predicted octanol–water partition coefficient (Wildman–Crippen LogP) is 4.39. The Bertz CT molecular complexity index is 1060. The minimum Gasteiger partial charge on any atom is -0.369 e. The van der Waals surface area contributed by atoms with E-state index in [4.69, 9.17) is 17.3 Å². The number of aromatic amines is 1. The average Bonchev–Trinajstić information content (AvgIpc) is 2.64. The van der Waals surface area contributed by atoms with Crippen LogP contribution in [-0.2, 0) is 5.75 Å². The van der Waals surface area contributed by atoms with Gasteiger partial charge in [0.15, 0.2) is 0 Å². The first-order valence-corrected chi connectivity index (χ1v) is 9.92. The molecule has 0 saturated carbocycles. The van der Waals surface area contributed by atoms with Crippen LogP contribution in [0.2, 0.25) is 5.02 Å². The number of thioether (sulfide) groups is 1. The fraction of sp³-hybridized carbons (Fsp3) is 0.150. The fourth-order valence-corrected chi connectivity index (χ4v) is 3.34. The van der Waals surface area contributed by atoms with Gasteiger partial charge in [0.05, 0.1) is 5.69 Å². The van der Waals surface area contributed by atoms with Crippen LogP contribution in [0.1, 0.15) is 16.8 Å². The highest BCUT2D eigenvalue weighted by atomic mass is 35.5. The third kappa shape index (κ3) is 5.61. The quantitative estimate of drug-likeness (QED) is 0.327. The van der Waals surface area contributed by atoms with Gasteiger partial charge in [0, 0.05) is 27.4 Å². The van der Waals surface area contributed by atoms with Gasteiger partial charge >= 0.3 is 0 Å². The zero-order valence-electron chi connectivity index (χ0n) is 15.5. The van der Waals surface area contributed by atoms with Crippen molar-refractivity contribution in [3.63, 3.8) is 0 Å². The molecular formula is C20H20ClN5OS. The minimum absolute atomic E-state index is 0.103. The van der Waals surface area contributed by atoms with Gasteiger partial charge in [0.1, 0.15) is 0 Å². The van der Waals surface area contributed by atoms with Crippen LogP contribution in [0.3, 0.4) is 0 Å². The number of H-pyrrole nitrogens is 1. The second-order valence-corrected chi connectivity index (χ2v) is 7.70. The third-order valence-electron chi connectivity index (χ3n) is 3.86. The van der Waals surface area contributed by atoms with Crippen molar-refractivity contribution in [3.05, 3.63) is 80.7 Å². The number of hydrogen-bond acceptors (Lipinski definition) is 4. The Morgan fingerprint density at radius 3 is 2.68 bits per heavy atom. The number of aryl methyl sites for hydroxylation is 2. The van der Waals surface area contributed by atoms with Crippen molar-refractivity contribution in [1.82, 2.24) is 9.97 Å². The van der Waals surface area contributed by atoms with E-state index in [0.29, 0.717) is 22.2 Å². The first-order chi connectivity index (χ1) is 13.4. The van der Waals surface area contributed by atoms with Gasteiger partial charge in [-0.15, -0.1) is 11.8 Å². The molecule has 0 saturated heterocycles. The SMILES string of the molecule is Cc1ccc(SCc2cc(=O)[nH]c(N=C(N)Nc3ccc(C)c(Cl)c3)n2)cc1. The van der Waals surface area contributed by atoms with Crippen LogP contribution in [0.5, 0.6) is 0 Å². The topological polar surface area (TPSA) is 96.2 Å². The number of rotatable bonds is 5. The molecule has 0 radical (unpaired) electrons. The van der Waals surface area contributed by atoms with E-state index in [1.807, 2.05) is 50.2 Å². The molecule has 0 aliphatic heterocycles. The molecule has 1 aromatic heterocycles. The highest BCUT2D eigenvalue weighted by Gasteiger charge is 2.04. The molecule has 6 nitrogen and oxygen atoms in total. The van der Waals surface area contributed by atoms with Crippen LogP contribution in [0.4, 0.5) is 11.6 Å². The molecule has 0 bridgehead atoms. The highest BCUT2D eigenvalue weighted by molar-refractivity contribution is 7.98. The van der Waals surface area contributed by atoms with Gasteiger partial charge in [-0.05, 0) is 43.7 Å². The van der Waals surface area contributed by atoms with E-state index in [9.17, 15) is 4.79 Å². The van der Waals surface area contributed by atoms with Crippen molar-refractivity contribution in [3.8, 4) is 0 Å². The Morgan fingerprint density at radius 1 is 1.21 bits per heavy atom. The number of anilines is 1. The number of aromatic nitrogens is 2. The van der Waals surface area contributed by atoms with Gasteiger partial charge in [0.25, 0.3) is 5.56 Å². The fourth-order valence-electron chi connectivity index (χ4n) is 2.37. The number of nitrogens with one attached hydrogen (secondary N) is 2. The number of nitrogens with zero attached hydrogens (tertiary/aromatic N) is 2. The lowest BCUT2D eigenvalue weighted by molar-refractivity contribution is 1.04. The maximum absolute atomic E-state index is 11.9. The van der Waals surface area contributed by atoms with E-state index >= 15 is 0 Å². The van der Waals surface area contributed by atoms with E-state index < -0.39 is 0 Å². The Labute approximate surface area is 172 Å². The molecule has 0 amide bonds. The molecule has 2 aromatic carbocycles. The molecule has 28 heavy (non-hydrogen) atoms. The molecule has 0 unspecified atom stereocenters. The minimum atomic E-state index is -0.278. The van der Waals surface area contributed by atoms with Crippen molar-refractivity contribution in [2.45, 2.75) is 24.5 Å². The lowest BCUT2D eigenvalue weighted by Gasteiger charge is -2.07. The van der Waals surface area contributed by atoms with Crippen molar-refractivity contribution in [2.75, 3.05) is 5.32 Å². The number of aliphatic imine (C=N–C) groups is 1. The van der Waals surface area contributed by atoms with Crippen LogP contribution in [-0.4, -0.2) is 15.9 Å². The van der Waals surface area contributed by atoms with E-state index in [0.717, 1.165) is 10.5 Å². The zero-order chi connectivity index (χ0) is 20.1. The predicted molar refractivity (Wildman–Crippen MR) is 117 cm³/mol. The highest BCUT2D eigenvalue weighted by Crippen LogP contribution is 2.22. The standard InChI is InChI=1S/C20H20ClN5OS/c1-12-3-7-16(8-4-12)28-11-15-10-18(27)25-20(24-15)26-19(22)23-14-6-5-13(2)17(21)9-14/h3-10H,11H2,1-2H3,(H4,22,23,24,25,26,27). The second-order valence-electron chi connectivity index (χ2n) is 6.25. The summed E-state index contributed by atoms with van der Waals surface area (Å²) in [6.45, 7) is 3.96. The summed E-state index contributed by atoms with van der Waals surface area (Å²) in [4.78, 5) is 24.2. The van der Waals surface area contributed by atoms with Crippen molar-refractivity contribution in [2.24, 2.45) is 10.7 Å². The van der Waals surface area contributed by atoms with E-state index in [-0.39, 0.29) is 17.5 Å². The Morgan fingerprint density at radius 2 is 1.96 bits per heavy atom. The van der Waals surface area contributed by atoms with Gasteiger partial charge in [-0.25, -0.2) is 4.98 Å². The van der Waals surface area contributed by atoms with Gasteiger partial charge in [-0.1, -0.05) is 35.4 Å². The summed E-state index contributed by atoms with van der Waals surface area (Å²) in [5, 5.41) is 3.56. The number of halogens is 1. The van der Waals surface area contributed by atoms with Gasteiger partial charge in [-0.2, -0.15) is 4.99 Å². The van der Waals surface area contributed by atoms with Gasteiger partial charge in [0.2, 0.25) is 11.9 Å². The zero-order valence-corrected chi connectivity index (χ0v) is 17.1. The second kappa shape index (κ2) is 8.95. The van der Waals surface area contributed by atoms with Crippen LogP contribution in [0.25, 0.3) is 0 Å². The molecule has 144 valence electrons. The summed E-state index contributed by atoms with van der Waals surface area (Å²) in [6, 6.07) is 15.1. The smallest absolute Gasteiger partial charge is 0.252 e. The number of nitrogens with two attached hydrogens (primary N) is 1. The molecule has 0 aliphatic carbocycles. The first kappa shape index (κ1) is 20.0. The van der Waals surface area contributed by atoms with Gasteiger partial charge < -0.3 is 11.1 Å². The summed E-state index contributed by atoms with van der Waals surface area (Å²) in [6.07, 6.45) is 0. The van der Waals surface area contributed by atoms with Crippen molar-refractivity contribution in [1.29, 1.82) is 0 Å². The van der Waals surface area contributed by atoms with Crippen LogP contribution in [0.15, 0.2) is 63.2 Å². The summed E-state index contributed by atoms with van der Waals surface area (Å²) >= 11 is 7.71. The molecule has 0 aliphatic rings. The molecule has 0 spiro atoms. The molecular weight excluding hydrogens is 394 g/mol. The number of benzene rings is 2. The lowest BCUT2D eigenvalue weighted by atomic mass is 10.2. The maximum atomic E-state index is 11.9. The maximum Gasteiger partial charge on any atom is 0.252 e. The van der Waals surface area contributed by atoms with Crippen molar-refractivity contribution < 1.29 is 0 Å². The summed E-state index contributed by atoms with van der Waals surface area (Å²) < 4.78 is 0. The average molecular weight is 414 g/mol. The monoisotopic (exact) mass is 413 g/mol.